The lowest BCUT2D eigenvalue weighted by atomic mass is 9.91. The lowest BCUT2D eigenvalue weighted by Crippen LogP contribution is -2.24. The fourth-order valence-electron chi connectivity index (χ4n) is 2.29. The maximum atomic E-state index is 4.86. The van der Waals surface area contributed by atoms with Crippen molar-refractivity contribution >= 4 is 11.3 Å². The average molecular weight is 238 g/mol. The van der Waals surface area contributed by atoms with Gasteiger partial charge in [-0.05, 0) is 25.8 Å². The van der Waals surface area contributed by atoms with E-state index in [2.05, 4.69) is 26.1 Å². The fraction of sp³-hybridized carbons (Fsp3) is 0.769. The Kier molecular flexibility index (Phi) is 3.98. The molecule has 0 amide bonds. The van der Waals surface area contributed by atoms with Crippen LogP contribution in [0.5, 0.6) is 0 Å². The summed E-state index contributed by atoms with van der Waals surface area (Å²) in [6.07, 6.45) is 3.90. The van der Waals surface area contributed by atoms with E-state index in [0.29, 0.717) is 11.8 Å². The topological polar surface area (TPSA) is 24.9 Å². The van der Waals surface area contributed by atoms with Crippen LogP contribution in [0.2, 0.25) is 0 Å². The summed E-state index contributed by atoms with van der Waals surface area (Å²) >= 11 is 1.94. The molecule has 0 saturated carbocycles. The average Bonchev–Trinajstić information content (AvgIpc) is 2.70. The zero-order valence-corrected chi connectivity index (χ0v) is 11.4. The maximum Gasteiger partial charge on any atom is 0.0956 e. The highest BCUT2D eigenvalue weighted by atomic mass is 32.1. The highest BCUT2D eigenvalue weighted by Gasteiger charge is 2.24. The van der Waals surface area contributed by atoms with Crippen LogP contribution in [0.1, 0.15) is 61.0 Å². The van der Waals surface area contributed by atoms with Crippen LogP contribution in [0, 0.1) is 0 Å². The van der Waals surface area contributed by atoms with Crippen LogP contribution in [0.15, 0.2) is 0 Å². The normalized spacial score (nSPS) is 20.1. The SMILES string of the molecule is CCNCC1CCCc2sc(C(C)C)nc21. The van der Waals surface area contributed by atoms with Gasteiger partial charge in [0, 0.05) is 23.3 Å². The van der Waals surface area contributed by atoms with Crippen molar-refractivity contribution in [2.45, 2.75) is 51.9 Å². The molecule has 2 rings (SSSR count). The molecule has 1 atom stereocenters. The summed E-state index contributed by atoms with van der Waals surface area (Å²) in [5, 5.41) is 4.79. The van der Waals surface area contributed by atoms with Crippen molar-refractivity contribution in [2.24, 2.45) is 0 Å². The van der Waals surface area contributed by atoms with Gasteiger partial charge in [-0.1, -0.05) is 20.8 Å². The number of aromatic nitrogens is 1. The van der Waals surface area contributed by atoms with Gasteiger partial charge in [-0.2, -0.15) is 0 Å². The minimum atomic E-state index is 0.579. The minimum absolute atomic E-state index is 0.579. The van der Waals surface area contributed by atoms with Gasteiger partial charge in [0.1, 0.15) is 0 Å². The van der Waals surface area contributed by atoms with E-state index in [1.54, 1.807) is 4.88 Å². The summed E-state index contributed by atoms with van der Waals surface area (Å²) in [6.45, 7) is 8.81. The van der Waals surface area contributed by atoms with Gasteiger partial charge in [0.2, 0.25) is 0 Å². The second-order valence-electron chi connectivity index (χ2n) is 4.91. The molecular formula is C13H22N2S. The molecule has 0 radical (unpaired) electrons. The molecule has 0 spiro atoms. The predicted molar refractivity (Wildman–Crippen MR) is 70.4 cm³/mol. The lowest BCUT2D eigenvalue weighted by molar-refractivity contribution is 0.508. The van der Waals surface area contributed by atoms with E-state index in [9.17, 15) is 0 Å². The Labute approximate surface area is 102 Å². The first-order valence-electron chi connectivity index (χ1n) is 6.42. The predicted octanol–water partition coefficient (Wildman–Crippen LogP) is 3.30. The summed E-state index contributed by atoms with van der Waals surface area (Å²) < 4.78 is 0. The van der Waals surface area contributed by atoms with Gasteiger partial charge in [-0.3, -0.25) is 0 Å². The molecule has 0 bridgehead atoms. The summed E-state index contributed by atoms with van der Waals surface area (Å²) in [5.74, 6) is 1.24. The van der Waals surface area contributed by atoms with Crippen molar-refractivity contribution in [3.8, 4) is 0 Å². The first kappa shape index (κ1) is 12.1. The molecule has 0 fully saturated rings. The van der Waals surface area contributed by atoms with E-state index in [4.69, 9.17) is 4.98 Å². The largest absolute Gasteiger partial charge is 0.316 e. The van der Waals surface area contributed by atoms with E-state index in [0.717, 1.165) is 13.1 Å². The molecule has 1 heterocycles. The molecule has 0 aliphatic heterocycles. The van der Waals surface area contributed by atoms with E-state index in [1.165, 1.54) is 30.0 Å². The lowest BCUT2D eigenvalue weighted by Gasteiger charge is -2.21. The molecule has 90 valence electrons. The molecule has 2 nitrogen and oxygen atoms in total. The number of fused-ring (bicyclic) bond motifs is 1. The number of hydrogen-bond acceptors (Lipinski definition) is 3. The van der Waals surface area contributed by atoms with E-state index in [1.807, 2.05) is 11.3 Å². The standard InChI is InChI=1S/C13H22N2S/c1-4-14-8-10-6-5-7-11-12(10)15-13(16-11)9(2)3/h9-10,14H,4-8H2,1-3H3. The van der Waals surface area contributed by atoms with Crippen LogP contribution in [0.25, 0.3) is 0 Å². The summed E-state index contributed by atoms with van der Waals surface area (Å²) in [6, 6.07) is 0. The summed E-state index contributed by atoms with van der Waals surface area (Å²) in [7, 11) is 0. The minimum Gasteiger partial charge on any atom is -0.316 e. The number of likely N-dealkylation sites (N-methyl/N-ethyl adjacent to an activating group) is 1. The van der Waals surface area contributed by atoms with Gasteiger partial charge >= 0.3 is 0 Å². The molecule has 16 heavy (non-hydrogen) atoms. The monoisotopic (exact) mass is 238 g/mol. The van der Waals surface area contributed by atoms with Crippen molar-refractivity contribution in [1.82, 2.24) is 10.3 Å². The molecule has 1 N–H and O–H groups in total. The Morgan fingerprint density at radius 3 is 3.00 bits per heavy atom. The van der Waals surface area contributed by atoms with Gasteiger partial charge in [0.25, 0.3) is 0 Å². The third-order valence-corrected chi connectivity index (χ3v) is 4.65. The molecule has 1 aliphatic rings. The Bertz CT molecular complexity index is 344. The van der Waals surface area contributed by atoms with Gasteiger partial charge in [-0.15, -0.1) is 11.3 Å². The van der Waals surface area contributed by atoms with Gasteiger partial charge in [0.05, 0.1) is 10.7 Å². The highest BCUT2D eigenvalue weighted by molar-refractivity contribution is 7.11. The highest BCUT2D eigenvalue weighted by Crippen LogP contribution is 2.36. The molecule has 0 saturated heterocycles. The van der Waals surface area contributed by atoms with Crippen molar-refractivity contribution in [2.75, 3.05) is 13.1 Å². The van der Waals surface area contributed by atoms with Crippen LogP contribution in [0.3, 0.4) is 0 Å². The number of hydrogen-bond donors (Lipinski definition) is 1. The molecule has 1 aromatic heterocycles. The number of nitrogens with one attached hydrogen (secondary N) is 1. The van der Waals surface area contributed by atoms with Crippen LogP contribution in [-0.4, -0.2) is 18.1 Å². The number of thiazole rings is 1. The molecular weight excluding hydrogens is 216 g/mol. The summed E-state index contributed by atoms with van der Waals surface area (Å²) in [5.41, 5.74) is 1.40. The zero-order chi connectivity index (χ0) is 11.5. The van der Waals surface area contributed by atoms with Crippen molar-refractivity contribution in [3.63, 3.8) is 0 Å². The first-order valence-corrected chi connectivity index (χ1v) is 7.24. The molecule has 1 aliphatic carbocycles. The second-order valence-corrected chi connectivity index (χ2v) is 6.03. The van der Waals surface area contributed by atoms with Crippen molar-refractivity contribution in [1.29, 1.82) is 0 Å². The number of aryl methyl sites for hydroxylation is 1. The Morgan fingerprint density at radius 1 is 1.50 bits per heavy atom. The second kappa shape index (κ2) is 5.28. The van der Waals surface area contributed by atoms with Crippen LogP contribution in [0.4, 0.5) is 0 Å². The first-order chi connectivity index (χ1) is 7.72. The van der Waals surface area contributed by atoms with Crippen molar-refractivity contribution < 1.29 is 0 Å². The van der Waals surface area contributed by atoms with Gasteiger partial charge in [-0.25, -0.2) is 4.98 Å². The molecule has 1 aromatic rings. The maximum absolute atomic E-state index is 4.86. The third-order valence-electron chi connectivity index (χ3n) is 3.22. The molecule has 1 unspecified atom stereocenters. The Balaban J connectivity index is 2.17. The number of rotatable bonds is 4. The van der Waals surface area contributed by atoms with Crippen LogP contribution >= 0.6 is 11.3 Å². The van der Waals surface area contributed by atoms with E-state index in [-0.39, 0.29) is 0 Å². The van der Waals surface area contributed by atoms with Crippen LogP contribution in [-0.2, 0) is 6.42 Å². The fourth-order valence-corrected chi connectivity index (χ4v) is 3.49. The van der Waals surface area contributed by atoms with Gasteiger partial charge < -0.3 is 5.32 Å². The van der Waals surface area contributed by atoms with Crippen molar-refractivity contribution in [3.05, 3.63) is 15.6 Å². The summed E-state index contributed by atoms with van der Waals surface area (Å²) in [4.78, 5) is 6.42. The van der Waals surface area contributed by atoms with E-state index < -0.39 is 0 Å². The smallest absolute Gasteiger partial charge is 0.0956 e. The molecule has 0 aromatic carbocycles. The number of nitrogens with zero attached hydrogens (tertiary/aromatic N) is 1. The Hall–Kier alpha value is -0.410. The third kappa shape index (κ3) is 2.46. The Morgan fingerprint density at radius 2 is 2.31 bits per heavy atom. The van der Waals surface area contributed by atoms with Gasteiger partial charge in [0.15, 0.2) is 0 Å². The van der Waals surface area contributed by atoms with Crippen LogP contribution < -0.4 is 5.32 Å². The quantitative estimate of drug-likeness (QED) is 0.870. The molecule has 3 heteroatoms. The van der Waals surface area contributed by atoms with E-state index >= 15 is 0 Å². The zero-order valence-electron chi connectivity index (χ0n) is 10.5.